The van der Waals surface area contributed by atoms with Gasteiger partial charge in [-0.3, -0.25) is 0 Å². The fourth-order valence-corrected chi connectivity index (χ4v) is 3.92. The predicted octanol–water partition coefficient (Wildman–Crippen LogP) is 2.94. The summed E-state index contributed by atoms with van der Waals surface area (Å²) in [4.78, 5) is 18.3. The number of ether oxygens (including phenoxy) is 1. The van der Waals surface area contributed by atoms with E-state index < -0.39 is 11.7 Å². The molecule has 0 spiro atoms. The number of fused-ring (bicyclic) bond motifs is 1. The zero-order chi connectivity index (χ0) is 20.2. The van der Waals surface area contributed by atoms with Gasteiger partial charge in [0.2, 0.25) is 11.8 Å². The summed E-state index contributed by atoms with van der Waals surface area (Å²) in [6.45, 7) is 1.67. The number of hydrogen-bond acceptors (Lipinski definition) is 7. The second-order valence-electron chi connectivity index (χ2n) is 8.04. The molecular weight excluding hydrogens is 385 g/mol. The third-order valence-electron chi connectivity index (χ3n) is 5.89. The molecule has 2 aliphatic carbocycles. The maximum absolute atomic E-state index is 12.7. The van der Waals surface area contributed by atoms with E-state index in [0.717, 1.165) is 37.5 Å². The van der Waals surface area contributed by atoms with Crippen molar-refractivity contribution < 1.29 is 17.9 Å². The molecule has 0 radical (unpaired) electrons. The fourth-order valence-electron chi connectivity index (χ4n) is 3.92. The Morgan fingerprint density at radius 2 is 1.97 bits per heavy atom. The molecule has 0 aromatic carbocycles. The van der Waals surface area contributed by atoms with Gasteiger partial charge in [-0.05, 0) is 25.2 Å². The van der Waals surface area contributed by atoms with Crippen molar-refractivity contribution >= 4 is 5.95 Å². The molecule has 0 N–H and O–H groups in total. The quantitative estimate of drug-likeness (QED) is 0.760. The van der Waals surface area contributed by atoms with E-state index in [9.17, 15) is 18.4 Å². The standard InChI is InChI=1S/C19H17F3N6O/c20-19(21,22)14-6-25-17(26-7-14)28-8-13-3-18(13,9-28)10-29-16-12(4-23)5-24-15(27-16)11-1-2-11/h5-7,11,13H,1-3,8-10H2/t13-,18?/m1/s1. The van der Waals surface area contributed by atoms with Crippen molar-refractivity contribution in [2.24, 2.45) is 11.3 Å². The fraction of sp³-hybridized carbons (Fsp3) is 0.526. The number of piperidine rings is 1. The predicted molar refractivity (Wildman–Crippen MR) is 94.0 cm³/mol. The van der Waals surface area contributed by atoms with E-state index in [4.69, 9.17) is 4.74 Å². The van der Waals surface area contributed by atoms with Gasteiger partial charge in [0.25, 0.3) is 0 Å². The van der Waals surface area contributed by atoms with Crippen molar-refractivity contribution in [1.29, 1.82) is 5.26 Å². The molecule has 0 bridgehead atoms. The van der Waals surface area contributed by atoms with Crippen LogP contribution >= 0.6 is 0 Å². The molecular formula is C19H17F3N6O. The number of nitriles is 1. The molecule has 1 aliphatic heterocycles. The number of alkyl halides is 3. The summed E-state index contributed by atoms with van der Waals surface area (Å²) in [6, 6.07) is 2.06. The average molecular weight is 402 g/mol. The van der Waals surface area contributed by atoms with Crippen LogP contribution in [-0.4, -0.2) is 39.6 Å². The zero-order valence-electron chi connectivity index (χ0n) is 15.4. The van der Waals surface area contributed by atoms with Crippen molar-refractivity contribution in [2.45, 2.75) is 31.4 Å². The van der Waals surface area contributed by atoms with Crippen molar-refractivity contribution in [2.75, 3.05) is 24.6 Å². The molecule has 7 nitrogen and oxygen atoms in total. The number of halogens is 3. The summed E-state index contributed by atoms with van der Waals surface area (Å²) in [6.07, 6.45) is 1.76. The Bertz CT molecular complexity index is 985. The first-order chi connectivity index (χ1) is 13.9. The molecule has 2 aromatic heterocycles. The summed E-state index contributed by atoms with van der Waals surface area (Å²) in [5.41, 5.74) is -0.657. The van der Waals surface area contributed by atoms with E-state index in [-0.39, 0.29) is 5.41 Å². The minimum atomic E-state index is -4.45. The summed E-state index contributed by atoms with van der Waals surface area (Å²) in [5.74, 6) is 2.04. The van der Waals surface area contributed by atoms with Crippen LogP contribution in [0.4, 0.5) is 19.1 Å². The smallest absolute Gasteiger partial charge is 0.419 e. The number of anilines is 1. The molecule has 3 fully saturated rings. The van der Waals surface area contributed by atoms with Gasteiger partial charge in [-0.1, -0.05) is 0 Å². The van der Waals surface area contributed by atoms with Crippen molar-refractivity contribution in [3.05, 3.63) is 35.5 Å². The molecule has 150 valence electrons. The summed E-state index contributed by atoms with van der Waals surface area (Å²) in [5, 5.41) is 9.29. The minimum absolute atomic E-state index is 0.108. The SMILES string of the molecule is N#Cc1cnc(C2CC2)nc1OCC12C[C@@H]1CN(c1ncc(C(F)(F)F)cn1)C2. The van der Waals surface area contributed by atoms with E-state index in [1.165, 1.54) is 6.20 Å². The number of rotatable bonds is 5. The van der Waals surface area contributed by atoms with Gasteiger partial charge in [0.1, 0.15) is 17.5 Å². The maximum atomic E-state index is 12.7. The van der Waals surface area contributed by atoms with E-state index in [0.29, 0.717) is 48.9 Å². The molecule has 10 heteroatoms. The van der Waals surface area contributed by atoms with Gasteiger partial charge in [0.15, 0.2) is 0 Å². The Morgan fingerprint density at radius 3 is 2.62 bits per heavy atom. The molecule has 2 saturated carbocycles. The van der Waals surface area contributed by atoms with Crippen LogP contribution in [-0.2, 0) is 6.18 Å². The average Bonchev–Trinajstić information content (AvgIpc) is 3.63. The maximum Gasteiger partial charge on any atom is 0.419 e. The number of nitrogens with zero attached hydrogens (tertiary/aromatic N) is 6. The van der Waals surface area contributed by atoms with E-state index in [2.05, 4.69) is 26.0 Å². The highest BCUT2D eigenvalue weighted by Crippen LogP contribution is 2.58. The highest BCUT2D eigenvalue weighted by molar-refractivity contribution is 5.39. The van der Waals surface area contributed by atoms with Crippen LogP contribution in [0.1, 0.15) is 42.1 Å². The second kappa shape index (κ2) is 6.27. The lowest BCUT2D eigenvalue weighted by Gasteiger charge is -2.21. The molecule has 2 atom stereocenters. The Morgan fingerprint density at radius 1 is 1.21 bits per heavy atom. The van der Waals surface area contributed by atoms with Gasteiger partial charge in [-0.15, -0.1) is 0 Å². The summed E-state index contributed by atoms with van der Waals surface area (Å²) in [7, 11) is 0. The Labute approximate surface area is 164 Å². The number of hydrogen-bond donors (Lipinski definition) is 0. The normalized spacial score (nSPS) is 25.4. The lowest BCUT2D eigenvalue weighted by Crippen LogP contribution is -2.29. The summed E-state index contributed by atoms with van der Waals surface area (Å²) < 4.78 is 44.0. The van der Waals surface area contributed by atoms with E-state index >= 15 is 0 Å². The van der Waals surface area contributed by atoms with Crippen LogP contribution in [0.2, 0.25) is 0 Å². The third-order valence-corrected chi connectivity index (χ3v) is 5.89. The molecule has 3 aliphatic rings. The highest BCUT2D eigenvalue weighted by Gasteiger charge is 2.61. The van der Waals surface area contributed by atoms with Gasteiger partial charge in [0, 0.05) is 36.8 Å². The molecule has 1 saturated heterocycles. The van der Waals surface area contributed by atoms with Crippen molar-refractivity contribution in [3.63, 3.8) is 0 Å². The molecule has 2 aromatic rings. The third kappa shape index (κ3) is 3.34. The molecule has 5 rings (SSSR count). The first-order valence-electron chi connectivity index (χ1n) is 9.42. The van der Waals surface area contributed by atoms with Crippen molar-refractivity contribution in [3.8, 4) is 11.9 Å². The Hall–Kier alpha value is -2.96. The number of aromatic nitrogens is 4. The van der Waals surface area contributed by atoms with Gasteiger partial charge < -0.3 is 9.64 Å². The van der Waals surface area contributed by atoms with Crippen LogP contribution < -0.4 is 9.64 Å². The van der Waals surface area contributed by atoms with Crippen LogP contribution in [0.3, 0.4) is 0 Å². The van der Waals surface area contributed by atoms with Crippen LogP contribution in [0.15, 0.2) is 18.6 Å². The zero-order valence-corrected chi connectivity index (χ0v) is 15.4. The Kier molecular flexibility index (Phi) is 3.91. The first kappa shape index (κ1) is 18.1. The van der Waals surface area contributed by atoms with Crippen molar-refractivity contribution in [1.82, 2.24) is 19.9 Å². The highest BCUT2D eigenvalue weighted by atomic mass is 19.4. The van der Waals surface area contributed by atoms with Gasteiger partial charge in [-0.2, -0.15) is 23.4 Å². The lowest BCUT2D eigenvalue weighted by molar-refractivity contribution is -0.138. The largest absolute Gasteiger partial charge is 0.476 e. The van der Waals surface area contributed by atoms with Gasteiger partial charge in [-0.25, -0.2) is 15.0 Å². The molecule has 3 heterocycles. The molecule has 0 amide bonds. The lowest BCUT2D eigenvalue weighted by atomic mass is 10.1. The van der Waals surface area contributed by atoms with Crippen LogP contribution in [0, 0.1) is 22.7 Å². The van der Waals surface area contributed by atoms with E-state index in [1.54, 1.807) is 0 Å². The first-order valence-corrected chi connectivity index (χ1v) is 9.42. The summed E-state index contributed by atoms with van der Waals surface area (Å²) >= 11 is 0. The molecule has 1 unspecified atom stereocenters. The van der Waals surface area contributed by atoms with Gasteiger partial charge in [0.05, 0.1) is 18.4 Å². The van der Waals surface area contributed by atoms with E-state index in [1.807, 2.05) is 4.90 Å². The Balaban J connectivity index is 1.26. The topological polar surface area (TPSA) is 87.8 Å². The van der Waals surface area contributed by atoms with Crippen LogP contribution in [0.25, 0.3) is 0 Å². The second-order valence-corrected chi connectivity index (χ2v) is 8.04. The monoisotopic (exact) mass is 402 g/mol. The van der Waals surface area contributed by atoms with Gasteiger partial charge >= 0.3 is 6.18 Å². The minimum Gasteiger partial charge on any atom is -0.476 e. The van der Waals surface area contributed by atoms with Crippen LogP contribution in [0.5, 0.6) is 5.88 Å². The molecule has 29 heavy (non-hydrogen) atoms.